The Bertz CT molecular complexity index is 561. The SMILES string of the molecule is O=S(=O)(NC1CC1)c1ccc(NCCC2CCNC2)cc1. The van der Waals surface area contributed by atoms with E-state index in [1.54, 1.807) is 12.1 Å². The summed E-state index contributed by atoms with van der Waals surface area (Å²) < 4.78 is 26.8. The molecule has 21 heavy (non-hydrogen) atoms. The Balaban J connectivity index is 1.51. The number of anilines is 1. The summed E-state index contributed by atoms with van der Waals surface area (Å²) in [6.45, 7) is 3.18. The van der Waals surface area contributed by atoms with E-state index in [9.17, 15) is 8.42 Å². The lowest BCUT2D eigenvalue weighted by molar-refractivity contribution is 0.549. The average Bonchev–Trinajstić information content (AvgIpc) is 3.11. The number of hydrogen-bond donors (Lipinski definition) is 3. The van der Waals surface area contributed by atoms with Crippen LogP contribution in [0.4, 0.5) is 5.69 Å². The van der Waals surface area contributed by atoms with E-state index in [0.717, 1.165) is 50.5 Å². The highest BCUT2D eigenvalue weighted by Gasteiger charge is 2.27. The topological polar surface area (TPSA) is 70.2 Å². The first-order valence-corrected chi connectivity index (χ1v) is 9.19. The van der Waals surface area contributed by atoms with E-state index in [0.29, 0.717) is 4.90 Å². The molecule has 0 bridgehead atoms. The van der Waals surface area contributed by atoms with Crippen LogP contribution in [0.15, 0.2) is 29.2 Å². The van der Waals surface area contributed by atoms with Gasteiger partial charge in [-0.2, -0.15) is 0 Å². The van der Waals surface area contributed by atoms with Crippen molar-refractivity contribution in [1.82, 2.24) is 10.0 Å². The fraction of sp³-hybridized carbons (Fsp3) is 0.600. The number of nitrogens with one attached hydrogen (secondary N) is 3. The van der Waals surface area contributed by atoms with Crippen molar-refractivity contribution in [1.29, 1.82) is 0 Å². The molecule has 5 nitrogen and oxygen atoms in total. The minimum absolute atomic E-state index is 0.146. The lowest BCUT2D eigenvalue weighted by Crippen LogP contribution is -2.25. The van der Waals surface area contributed by atoms with Gasteiger partial charge >= 0.3 is 0 Å². The molecule has 1 atom stereocenters. The second-order valence-corrected chi connectivity index (χ2v) is 7.71. The third kappa shape index (κ3) is 4.18. The molecule has 116 valence electrons. The van der Waals surface area contributed by atoms with E-state index < -0.39 is 10.0 Å². The van der Waals surface area contributed by atoms with E-state index in [4.69, 9.17) is 0 Å². The van der Waals surface area contributed by atoms with Gasteiger partial charge in [-0.25, -0.2) is 13.1 Å². The molecule has 0 amide bonds. The van der Waals surface area contributed by atoms with Crippen LogP contribution >= 0.6 is 0 Å². The molecule has 1 aromatic rings. The first-order chi connectivity index (χ1) is 10.1. The van der Waals surface area contributed by atoms with Crippen molar-refractivity contribution in [3.05, 3.63) is 24.3 Å². The molecule has 0 aromatic heterocycles. The summed E-state index contributed by atoms with van der Waals surface area (Å²) in [7, 11) is -3.33. The second-order valence-electron chi connectivity index (χ2n) is 5.99. The predicted octanol–water partition coefficient (Wildman–Crippen LogP) is 1.54. The molecule has 3 N–H and O–H groups in total. The molecule has 1 aliphatic carbocycles. The zero-order valence-corrected chi connectivity index (χ0v) is 13.0. The average molecular weight is 309 g/mol. The summed E-state index contributed by atoms with van der Waals surface area (Å²) in [4.78, 5) is 0.347. The maximum absolute atomic E-state index is 12.0. The summed E-state index contributed by atoms with van der Waals surface area (Å²) >= 11 is 0. The molecule has 1 saturated carbocycles. The van der Waals surface area contributed by atoms with Crippen LogP contribution in [-0.2, 0) is 10.0 Å². The minimum Gasteiger partial charge on any atom is -0.385 e. The van der Waals surface area contributed by atoms with E-state index in [-0.39, 0.29) is 6.04 Å². The molecule has 1 saturated heterocycles. The molecule has 1 unspecified atom stereocenters. The second kappa shape index (κ2) is 6.34. The molecule has 1 heterocycles. The summed E-state index contributed by atoms with van der Waals surface area (Å²) in [5.41, 5.74) is 0.978. The van der Waals surface area contributed by atoms with Gasteiger partial charge in [-0.1, -0.05) is 0 Å². The first-order valence-electron chi connectivity index (χ1n) is 7.70. The van der Waals surface area contributed by atoms with Crippen LogP contribution < -0.4 is 15.4 Å². The summed E-state index contributed by atoms with van der Waals surface area (Å²) in [5, 5.41) is 6.72. The molecule has 6 heteroatoms. The highest BCUT2D eigenvalue weighted by Crippen LogP contribution is 2.23. The summed E-state index contributed by atoms with van der Waals surface area (Å²) in [5.74, 6) is 0.764. The molecular formula is C15H23N3O2S. The van der Waals surface area contributed by atoms with Crippen molar-refractivity contribution < 1.29 is 8.42 Å². The zero-order chi connectivity index (χ0) is 14.7. The molecule has 3 rings (SSSR count). The van der Waals surface area contributed by atoms with E-state index in [2.05, 4.69) is 15.4 Å². The van der Waals surface area contributed by atoms with Crippen molar-refractivity contribution in [2.75, 3.05) is 25.0 Å². The van der Waals surface area contributed by atoms with Gasteiger partial charge in [-0.05, 0) is 69.0 Å². The van der Waals surface area contributed by atoms with E-state index in [1.807, 2.05) is 12.1 Å². The lowest BCUT2D eigenvalue weighted by Gasteiger charge is -2.11. The Labute approximate surface area is 126 Å². The molecule has 0 spiro atoms. The molecule has 1 aromatic carbocycles. The predicted molar refractivity (Wildman–Crippen MR) is 83.9 cm³/mol. The standard InChI is InChI=1S/C15H23N3O2S/c19-21(20,18-14-1-2-14)15-5-3-13(4-6-15)17-10-8-12-7-9-16-11-12/h3-6,12,14,16-18H,1-2,7-11H2. The van der Waals surface area contributed by atoms with Gasteiger partial charge in [0.1, 0.15) is 0 Å². The Morgan fingerprint density at radius 2 is 1.90 bits per heavy atom. The Kier molecular flexibility index (Phi) is 4.47. The fourth-order valence-electron chi connectivity index (χ4n) is 2.62. The van der Waals surface area contributed by atoms with Gasteiger partial charge in [0, 0.05) is 18.3 Å². The highest BCUT2D eigenvalue weighted by atomic mass is 32.2. The Hall–Kier alpha value is -1.11. The lowest BCUT2D eigenvalue weighted by atomic mass is 10.1. The highest BCUT2D eigenvalue weighted by molar-refractivity contribution is 7.89. The van der Waals surface area contributed by atoms with Gasteiger partial charge in [0.05, 0.1) is 4.90 Å². The smallest absolute Gasteiger partial charge is 0.240 e. The zero-order valence-electron chi connectivity index (χ0n) is 12.1. The van der Waals surface area contributed by atoms with Gasteiger partial charge in [0.15, 0.2) is 0 Å². The van der Waals surface area contributed by atoms with Crippen LogP contribution in [0.2, 0.25) is 0 Å². The molecule has 1 aliphatic heterocycles. The Morgan fingerprint density at radius 1 is 1.14 bits per heavy atom. The monoisotopic (exact) mass is 309 g/mol. The number of benzene rings is 1. The van der Waals surface area contributed by atoms with Gasteiger partial charge in [-0.15, -0.1) is 0 Å². The van der Waals surface area contributed by atoms with Crippen LogP contribution in [0.1, 0.15) is 25.7 Å². The summed E-state index contributed by atoms with van der Waals surface area (Å²) in [6.07, 6.45) is 4.31. The molecular weight excluding hydrogens is 286 g/mol. The fourth-order valence-corrected chi connectivity index (χ4v) is 3.93. The van der Waals surface area contributed by atoms with Gasteiger partial charge in [0.25, 0.3) is 0 Å². The van der Waals surface area contributed by atoms with Crippen LogP contribution in [0.25, 0.3) is 0 Å². The maximum Gasteiger partial charge on any atom is 0.240 e. The van der Waals surface area contributed by atoms with Crippen LogP contribution in [0.5, 0.6) is 0 Å². The van der Waals surface area contributed by atoms with Crippen LogP contribution in [0.3, 0.4) is 0 Å². The third-order valence-electron chi connectivity index (χ3n) is 4.11. The number of sulfonamides is 1. The molecule has 2 fully saturated rings. The van der Waals surface area contributed by atoms with Gasteiger partial charge in [0.2, 0.25) is 10.0 Å². The Morgan fingerprint density at radius 3 is 2.52 bits per heavy atom. The van der Waals surface area contributed by atoms with Crippen LogP contribution in [0, 0.1) is 5.92 Å². The van der Waals surface area contributed by atoms with Gasteiger partial charge in [-0.3, -0.25) is 0 Å². The van der Waals surface area contributed by atoms with E-state index in [1.165, 1.54) is 6.42 Å². The van der Waals surface area contributed by atoms with E-state index >= 15 is 0 Å². The van der Waals surface area contributed by atoms with Crippen molar-refractivity contribution in [3.63, 3.8) is 0 Å². The van der Waals surface area contributed by atoms with Gasteiger partial charge < -0.3 is 10.6 Å². The van der Waals surface area contributed by atoms with Crippen molar-refractivity contribution in [2.24, 2.45) is 5.92 Å². The van der Waals surface area contributed by atoms with Crippen molar-refractivity contribution >= 4 is 15.7 Å². The van der Waals surface area contributed by atoms with Crippen molar-refractivity contribution in [2.45, 2.75) is 36.6 Å². The largest absolute Gasteiger partial charge is 0.385 e. The summed E-state index contributed by atoms with van der Waals surface area (Å²) in [6, 6.07) is 7.17. The third-order valence-corrected chi connectivity index (χ3v) is 5.64. The first kappa shape index (κ1) is 14.8. The van der Waals surface area contributed by atoms with Crippen LogP contribution in [-0.4, -0.2) is 34.1 Å². The molecule has 0 radical (unpaired) electrons. The number of rotatable bonds is 7. The normalized spacial score (nSPS) is 22.4. The number of hydrogen-bond acceptors (Lipinski definition) is 4. The minimum atomic E-state index is -3.33. The maximum atomic E-state index is 12.0. The quantitative estimate of drug-likeness (QED) is 0.714. The molecule has 2 aliphatic rings. The van der Waals surface area contributed by atoms with Crippen molar-refractivity contribution in [3.8, 4) is 0 Å².